The van der Waals surface area contributed by atoms with E-state index < -0.39 is 0 Å². The number of piperazine rings is 1. The Hall–Kier alpha value is -4.34. The summed E-state index contributed by atoms with van der Waals surface area (Å²) in [5.41, 5.74) is 3.12. The highest BCUT2D eigenvalue weighted by atomic mass is 16.6. The van der Waals surface area contributed by atoms with E-state index in [2.05, 4.69) is 30.1 Å². The topological polar surface area (TPSA) is 113 Å². The average Bonchev–Trinajstić information content (AvgIpc) is 2.85. The van der Waals surface area contributed by atoms with Crippen molar-refractivity contribution < 1.29 is 4.92 Å². The summed E-state index contributed by atoms with van der Waals surface area (Å²) in [5.74, 6) is 1.21. The highest BCUT2D eigenvalue weighted by Crippen LogP contribution is 2.26. The van der Waals surface area contributed by atoms with Crippen molar-refractivity contribution in [1.29, 1.82) is 0 Å². The molecule has 0 aliphatic carbocycles. The summed E-state index contributed by atoms with van der Waals surface area (Å²) >= 11 is 0. The largest absolute Gasteiger partial charge is 0.368 e. The Bertz CT molecular complexity index is 1240. The van der Waals surface area contributed by atoms with Gasteiger partial charge in [-0.2, -0.15) is 9.97 Å². The summed E-state index contributed by atoms with van der Waals surface area (Å²) in [6.07, 6.45) is 3.25. The molecule has 160 valence electrons. The van der Waals surface area contributed by atoms with Crippen LogP contribution in [-0.4, -0.2) is 51.0 Å². The second kappa shape index (κ2) is 8.42. The number of nitrogens with zero attached hydrogens (tertiary/aromatic N) is 7. The van der Waals surface area contributed by atoms with Crippen molar-refractivity contribution in [3.8, 4) is 0 Å². The summed E-state index contributed by atoms with van der Waals surface area (Å²) < 4.78 is 0. The van der Waals surface area contributed by atoms with Crippen molar-refractivity contribution in [2.75, 3.05) is 41.3 Å². The number of fused-ring (bicyclic) bond motifs is 1. The Kier molecular flexibility index (Phi) is 5.16. The molecule has 1 aliphatic heterocycles. The van der Waals surface area contributed by atoms with Gasteiger partial charge in [0.15, 0.2) is 17.0 Å². The number of nitro groups is 1. The van der Waals surface area contributed by atoms with E-state index in [4.69, 9.17) is 4.98 Å². The summed E-state index contributed by atoms with van der Waals surface area (Å²) in [6, 6.07) is 16.4. The zero-order valence-electron chi connectivity index (χ0n) is 17.1. The van der Waals surface area contributed by atoms with E-state index in [0.717, 1.165) is 24.5 Å². The van der Waals surface area contributed by atoms with E-state index in [1.54, 1.807) is 24.5 Å². The maximum absolute atomic E-state index is 10.9. The van der Waals surface area contributed by atoms with Gasteiger partial charge in [0.05, 0.1) is 4.92 Å². The van der Waals surface area contributed by atoms with Gasteiger partial charge in [-0.15, -0.1) is 0 Å². The van der Waals surface area contributed by atoms with Crippen LogP contribution in [0.1, 0.15) is 0 Å². The molecule has 0 spiro atoms. The lowest BCUT2D eigenvalue weighted by Gasteiger charge is -2.36. The van der Waals surface area contributed by atoms with Gasteiger partial charge < -0.3 is 15.1 Å². The number of nitrogens with one attached hydrogen (secondary N) is 1. The highest BCUT2D eigenvalue weighted by Gasteiger charge is 2.22. The lowest BCUT2D eigenvalue weighted by Crippen LogP contribution is -2.47. The maximum atomic E-state index is 10.9. The Morgan fingerprint density at radius 1 is 0.844 bits per heavy atom. The van der Waals surface area contributed by atoms with Gasteiger partial charge in [-0.3, -0.25) is 10.1 Å². The van der Waals surface area contributed by atoms with E-state index in [1.165, 1.54) is 12.1 Å². The molecule has 1 fully saturated rings. The molecular formula is C22H20N8O2. The van der Waals surface area contributed by atoms with Gasteiger partial charge in [-0.05, 0) is 24.3 Å². The highest BCUT2D eigenvalue weighted by molar-refractivity contribution is 5.85. The van der Waals surface area contributed by atoms with Crippen molar-refractivity contribution in [2.45, 2.75) is 0 Å². The SMILES string of the molecule is O=[N+]([O-])c1ccc(N2CCN(c3nc(Nc4ccccc4)c4nccnc4n3)CC2)cc1. The Labute approximate surface area is 183 Å². The van der Waals surface area contributed by atoms with Gasteiger partial charge in [-0.25, -0.2) is 9.97 Å². The molecule has 5 rings (SSSR count). The zero-order chi connectivity index (χ0) is 21.9. The van der Waals surface area contributed by atoms with Crippen LogP contribution in [0.2, 0.25) is 0 Å². The van der Waals surface area contributed by atoms with Crippen molar-refractivity contribution in [1.82, 2.24) is 19.9 Å². The van der Waals surface area contributed by atoms with Crippen molar-refractivity contribution >= 4 is 40.0 Å². The number of anilines is 4. The first-order valence-corrected chi connectivity index (χ1v) is 10.2. The first kappa shape index (κ1) is 19.6. The Balaban J connectivity index is 1.36. The number of para-hydroxylation sites is 1. The monoisotopic (exact) mass is 428 g/mol. The third kappa shape index (κ3) is 3.97. The van der Waals surface area contributed by atoms with Gasteiger partial charge in [-0.1, -0.05) is 18.2 Å². The van der Waals surface area contributed by atoms with Crippen molar-refractivity contribution in [3.63, 3.8) is 0 Å². The molecule has 10 heteroatoms. The Morgan fingerprint density at radius 3 is 2.25 bits per heavy atom. The first-order chi connectivity index (χ1) is 15.7. The number of rotatable bonds is 5. The molecule has 32 heavy (non-hydrogen) atoms. The van der Waals surface area contributed by atoms with Gasteiger partial charge in [0.25, 0.3) is 5.69 Å². The smallest absolute Gasteiger partial charge is 0.269 e. The molecule has 1 aliphatic rings. The van der Waals surface area contributed by atoms with Gasteiger partial charge in [0.1, 0.15) is 0 Å². The fourth-order valence-corrected chi connectivity index (χ4v) is 3.69. The van der Waals surface area contributed by atoms with Crippen LogP contribution in [0.3, 0.4) is 0 Å². The summed E-state index contributed by atoms with van der Waals surface area (Å²) in [7, 11) is 0. The molecule has 2 aromatic heterocycles. The minimum Gasteiger partial charge on any atom is -0.368 e. The van der Waals surface area contributed by atoms with Crippen LogP contribution in [0.5, 0.6) is 0 Å². The van der Waals surface area contributed by atoms with E-state index in [0.29, 0.717) is 36.0 Å². The van der Waals surface area contributed by atoms with Crippen LogP contribution < -0.4 is 15.1 Å². The van der Waals surface area contributed by atoms with Crippen molar-refractivity contribution in [3.05, 3.63) is 77.1 Å². The fraction of sp³-hybridized carbons (Fsp3) is 0.182. The summed E-state index contributed by atoms with van der Waals surface area (Å²) in [5, 5.41) is 14.2. The number of non-ortho nitro benzene ring substituents is 1. The zero-order valence-corrected chi connectivity index (χ0v) is 17.1. The number of nitro benzene ring substituents is 1. The van der Waals surface area contributed by atoms with Crippen LogP contribution in [0.25, 0.3) is 11.2 Å². The molecule has 0 unspecified atom stereocenters. The number of hydrogen-bond acceptors (Lipinski definition) is 9. The molecule has 0 atom stereocenters. The molecular weight excluding hydrogens is 408 g/mol. The lowest BCUT2D eigenvalue weighted by atomic mass is 10.2. The molecule has 0 bridgehead atoms. The van der Waals surface area contributed by atoms with Crippen molar-refractivity contribution in [2.24, 2.45) is 0 Å². The number of aromatic nitrogens is 4. The lowest BCUT2D eigenvalue weighted by molar-refractivity contribution is -0.384. The van der Waals surface area contributed by atoms with Gasteiger partial charge >= 0.3 is 0 Å². The molecule has 0 radical (unpaired) electrons. The van der Waals surface area contributed by atoms with Crippen LogP contribution in [-0.2, 0) is 0 Å². The number of hydrogen-bond donors (Lipinski definition) is 1. The molecule has 10 nitrogen and oxygen atoms in total. The normalized spacial score (nSPS) is 13.9. The third-order valence-electron chi connectivity index (χ3n) is 5.35. The van der Waals surface area contributed by atoms with E-state index >= 15 is 0 Å². The molecule has 1 N–H and O–H groups in total. The van der Waals surface area contributed by atoms with E-state index in [1.807, 2.05) is 30.3 Å². The predicted octanol–water partition coefficient (Wildman–Crippen LogP) is 3.40. The molecule has 0 saturated carbocycles. The fourth-order valence-electron chi connectivity index (χ4n) is 3.69. The van der Waals surface area contributed by atoms with Crippen LogP contribution in [0.4, 0.5) is 28.8 Å². The maximum Gasteiger partial charge on any atom is 0.269 e. The predicted molar refractivity (Wildman–Crippen MR) is 122 cm³/mol. The van der Waals surface area contributed by atoms with Crippen LogP contribution in [0.15, 0.2) is 67.0 Å². The summed E-state index contributed by atoms with van der Waals surface area (Å²) in [4.78, 5) is 33.0. The molecule has 4 aromatic rings. The first-order valence-electron chi connectivity index (χ1n) is 10.2. The second-order valence-corrected chi connectivity index (χ2v) is 7.34. The third-order valence-corrected chi connectivity index (χ3v) is 5.35. The van der Waals surface area contributed by atoms with Gasteiger partial charge in [0, 0.05) is 62.1 Å². The quantitative estimate of drug-likeness (QED) is 0.377. The second-order valence-electron chi connectivity index (χ2n) is 7.34. The van der Waals surface area contributed by atoms with E-state index in [-0.39, 0.29) is 10.6 Å². The number of benzene rings is 2. The minimum atomic E-state index is -0.386. The summed E-state index contributed by atoms with van der Waals surface area (Å²) in [6.45, 7) is 2.93. The van der Waals surface area contributed by atoms with Gasteiger partial charge in [0.2, 0.25) is 5.95 Å². The molecule has 1 saturated heterocycles. The molecule has 2 aromatic carbocycles. The van der Waals surface area contributed by atoms with Crippen LogP contribution >= 0.6 is 0 Å². The average molecular weight is 428 g/mol. The minimum absolute atomic E-state index is 0.0940. The molecule has 3 heterocycles. The van der Waals surface area contributed by atoms with E-state index in [9.17, 15) is 10.1 Å². The Morgan fingerprint density at radius 2 is 1.53 bits per heavy atom. The molecule has 0 amide bonds. The van der Waals surface area contributed by atoms with Crippen LogP contribution in [0, 0.1) is 10.1 Å². The standard InChI is InChI=1S/C22H20N8O2/c31-30(32)18-8-6-17(7-9-18)28-12-14-29(15-13-28)22-26-20-19(23-10-11-24-20)21(27-22)25-16-4-2-1-3-5-16/h1-11H,12-15H2,(H,24,25,26,27).